The molecule has 0 spiro atoms. The van der Waals surface area contributed by atoms with Gasteiger partial charge in [-0.1, -0.05) is 34.8 Å². The van der Waals surface area contributed by atoms with Gasteiger partial charge in [-0.25, -0.2) is 9.98 Å². The van der Waals surface area contributed by atoms with Crippen molar-refractivity contribution in [1.29, 1.82) is 0 Å². The molecule has 2 heterocycles. The molecule has 2 aromatic carbocycles. The van der Waals surface area contributed by atoms with Crippen LogP contribution in [-0.4, -0.2) is 25.6 Å². The molecule has 0 amide bonds. The first-order valence-electron chi connectivity index (χ1n) is 8.58. The van der Waals surface area contributed by atoms with E-state index in [4.69, 9.17) is 34.8 Å². The van der Waals surface area contributed by atoms with E-state index < -0.39 is 4.92 Å². The fourth-order valence-corrected chi connectivity index (χ4v) is 4.05. The quantitative estimate of drug-likeness (QED) is 0.170. The number of nitro benzene ring substituents is 1. The molecule has 1 N–H and O–H groups in total. The zero-order chi connectivity index (χ0) is 22.3. The number of hydrogen-bond donors (Lipinski definition) is 1. The van der Waals surface area contributed by atoms with Crippen LogP contribution in [0.15, 0.2) is 58.1 Å². The fourth-order valence-electron chi connectivity index (χ4n) is 2.93. The molecule has 0 saturated heterocycles. The van der Waals surface area contributed by atoms with E-state index in [9.17, 15) is 15.2 Å². The Morgan fingerprint density at radius 3 is 2.58 bits per heavy atom. The largest absolute Gasteiger partial charge is 0.506 e. The lowest BCUT2D eigenvalue weighted by atomic mass is 10.1. The topological polar surface area (TPSA) is 93.0 Å². The third-order valence-corrected chi connectivity index (χ3v) is 5.73. The molecule has 4 rings (SSSR count). The lowest BCUT2D eigenvalue weighted by molar-refractivity contribution is -0.385. The molecule has 0 aliphatic carbocycles. The first-order valence-corrected chi connectivity index (χ1v) is 10.5. The van der Waals surface area contributed by atoms with Crippen LogP contribution in [0.5, 0.6) is 5.75 Å². The van der Waals surface area contributed by atoms with Crippen LogP contribution >= 0.6 is 50.7 Å². The maximum atomic E-state index is 11.2. The highest BCUT2D eigenvalue weighted by Crippen LogP contribution is 2.38. The van der Waals surface area contributed by atoms with Gasteiger partial charge in [0.05, 0.1) is 19.4 Å². The Hall–Kier alpha value is -2.65. The fraction of sp³-hybridized carbons (Fsp3) is 0. The van der Waals surface area contributed by atoms with E-state index >= 15 is 0 Å². The van der Waals surface area contributed by atoms with Crippen molar-refractivity contribution in [3.63, 3.8) is 0 Å². The number of phenolic OH excluding ortho intramolecular Hbond substituents is 1. The molecular weight excluding hydrogens is 531 g/mol. The van der Waals surface area contributed by atoms with E-state index in [1.807, 2.05) is 0 Å². The summed E-state index contributed by atoms with van der Waals surface area (Å²) in [6, 6.07) is 10.8. The minimum absolute atomic E-state index is 0.145. The minimum Gasteiger partial charge on any atom is -0.506 e. The van der Waals surface area contributed by atoms with Crippen molar-refractivity contribution >= 4 is 74.1 Å². The predicted octanol–water partition coefficient (Wildman–Crippen LogP) is 7.09. The summed E-state index contributed by atoms with van der Waals surface area (Å²) in [4.78, 5) is 19.7. The Kier molecular flexibility index (Phi) is 5.90. The van der Waals surface area contributed by atoms with Gasteiger partial charge in [0, 0.05) is 40.7 Å². The first kappa shape index (κ1) is 21.6. The van der Waals surface area contributed by atoms with Gasteiger partial charge in [0.25, 0.3) is 5.69 Å². The third kappa shape index (κ3) is 4.24. The number of hydrogen-bond acceptors (Lipinski definition) is 5. The average molecular weight is 541 g/mol. The number of imidazole rings is 1. The molecule has 2 aromatic heterocycles. The van der Waals surface area contributed by atoms with Crippen LogP contribution in [0.4, 0.5) is 11.5 Å². The molecular formula is C20H10BrCl3N4O3. The summed E-state index contributed by atoms with van der Waals surface area (Å²) in [7, 11) is 0. The standard InChI is InChI=1S/C20H10BrCl3N4O3/c21-15-7-13(28(30)31)5-10(19(15)29)8-25-20-18(14-3-1-11(22)6-16(14)24)26-17-4-2-12(23)9-27(17)20/h1-9,29H/b25-8+. The van der Waals surface area contributed by atoms with Crippen LogP contribution in [0.1, 0.15) is 5.56 Å². The molecule has 7 nitrogen and oxygen atoms in total. The number of aromatic hydroxyl groups is 1. The summed E-state index contributed by atoms with van der Waals surface area (Å²) >= 11 is 21.7. The highest BCUT2D eigenvalue weighted by molar-refractivity contribution is 9.10. The third-order valence-electron chi connectivity index (χ3n) is 4.36. The van der Waals surface area contributed by atoms with E-state index in [2.05, 4.69) is 25.9 Å². The Morgan fingerprint density at radius 1 is 1.13 bits per heavy atom. The number of non-ortho nitro benzene ring substituents is 1. The normalized spacial score (nSPS) is 11.5. The van der Waals surface area contributed by atoms with Gasteiger partial charge in [0.15, 0.2) is 5.82 Å². The van der Waals surface area contributed by atoms with E-state index in [1.165, 1.54) is 18.3 Å². The second-order valence-corrected chi connectivity index (χ2v) is 8.50. The van der Waals surface area contributed by atoms with Crippen LogP contribution in [0.25, 0.3) is 16.9 Å². The molecule has 31 heavy (non-hydrogen) atoms. The van der Waals surface area contributed by atoms with Gasteiger partial charge in [0.2, 0.25) is 0 Å². The second kappa shape index (κ2) is 8.47. The molecule has 156 valence electrons. The Bertz CT molecular complexity index is 1390. The lowest BCUT2D eigenvalue weighted by Crippen LogP contribution is -1.92. The van der Waals surface area contributed by atoms with E-state index in [-0.39, 0.29) is 21.5 Å². The summed E-state index contributed by atoms with van der Waals surface area (Å²) in [6.07, 6.45) is 2.94. The molecule has 11 heteroatoms. The molecule has 0 fully saturated rings. The predicted molar refractivity (Wildman–Crippen MR) is 125 cm³/mol. The second-order valence-electron chi connectivity index (χ2n) is 6.36. The lowest BCUT2D eigenvalue weighted by Gasteiger charge is -2.05. The summed E-state index contributed by atoms with van der Waals surface area (Å²) in [5.41, 5.74) is 1.54. The van der Waals surface area contributed by atoms with Gasteiger partial charge in [-0.15, -0.1) is 0 Å². The minimum atomic E-state index is -0.561. The molecule has 4 aromatic rings. The van der Waals surface area contributed by atoms with Gasteiger partial charge < -0.3 is 5.11 Å². The Morgan fingerprint density at radius 2 is 1.87 bits per heavy atom. The monoisotopic (exact) mass is 538 g/mol. The van der Waals surface area contributed by atoms with Crippen molar-refractivity contribution in [2.24, 2.45) is 4.99 Å². The van der Waals surface area contributed by atoms with Gasteiger partial charge in [0.1, 0.15) is 17.1 Å². The summed E-state index contributed by atoms with van der Waals surface area (Å²) < 4.78 is 1.83. The molecule has 0 bridgehead atoms. The van der Waals surface area contributed by atoms with Crippen molar-refractivity contribution in [3.8, 4) is 17.0 Å². The molecule has 0 saturated carbocycles. The van der Waals surface area contributed by atoms with Crippen LogP contribution in [0.3, 0.4) is 0 Å². The van der Waals surface area contributed by atoms with Crippen molar-refractivity contribution < 1.29 is 10.0 Å². The number of pyridine rings is 1. The van der Waals surface area contributed by atoms with Crippen molar-refractivity contribution in [1.82, 2.24) is 9.38 Å². The van der Waals surface area contributed by atoms with E-state index in [1.54, 1.807) is 40.9 Å². The number of halogens is 4. The van der Waals surface area contributed by atoms with Gasteiger partial charge in [-0.3, -0.25) is 14.5 Å². The van der Waals surface area contributed by atoms with Crippen molar-refractivity contribution in [2.75, 3.05) is 0 Å². The number of aromatic nitrogens is 2. The maximum Gasteiger partial charge on any atom is 0.271 e. The summed E-state index contributed by atoms with van der Waals surface area (Å²) in [5, 5.41) is 22.8. The van der Waals surface area contributed by atoms with E-state index in [0.717, 1.165) is 0 Å². The first-order chi connectivity index (χ1) is 14.7. The van der Waals surface area contributed by atoms with Crippen LogP contribution < -0.4 is 0 Å². The molecule has 0 aliphatic heterocycles. The molecule has 0 radical (unpaired) electrons. The number of nitrogens with zero attached hydrogens (tertiary/aromatic N) is 4. The van der Waals surface area contributed by atoms with Gasteiger partial charge in [-0.2, -0.15) is 0 Å². The number of phenols is 1. The van der Waals surface area contributed by atoms with Crippen LogP contribution in [-0.2, 0) is 0 Å². The summed E-state index contributed by atoms with van der Waals surface area (Å²) in [6.45, 7) is 0. The van der Waals surface area contributed by atoms with Crippen molar-refractivity contribution in [3.05, 3.63) is 83.9 Å². The van der Waals surface area contributed by atoms with Crippen LogP contribution in [0, 0.1) is 10.1 Å². The van der Waals surface area contributed by atoms with Gasteiger partial charge in [-0.05, 0) is 46.3 Å². The number of nitro groups is 1. The smallest absolute Gasteiger partial charge is 0.271 e. The zero-order valence-electron chi connectivity index (χ0n) is 15.3. The highest BCUT2D eigenvalue weighted by atomic mass is 79.9. The summed E-state index contributed by atoms with van der Waals surface area (Å²) in [5.74, 6) is 0.177. The molecule has 0 aliphatic rings. The molecule has 0 atom stereocenters. The number of benzene rings is 2. The number of rotatable bonds is 4. The molecule has 0 unspecified atom stereocenters. The van der Waals surface area contributed by atoms with Gasteiger partial charge >= 0.3 is 0 Å². The van der Waals surface area contributed by atoms with Crippen molar-refractivity contribution in [2.45, 2.75) is 0 Å². The Labute approximate surface area is 198 Å². The Balaban J connectivity index is 1.93. The number of aliphatic imine (C=N–C) groups is 1. The van der Waals surface area contributed by atoms with E-state index in [0.29, 0.717) is 37.8 Å². The average Bonchev–Trinajstić information content (AvgIpc) is 3.06. The maximum absolute atomic E-state index is 11.2. The SMILES string of the molecule is O=[N+]([O-])c1cc(Br)c(O)c(/C=N/c2c(-c3ccc(Cl)cc3Cl)nc3ccc(Cl)cn23)c1. The number of fused-ring (bicyclic) bond motifs is 1. The van der Waals surface area contributed by atoms with Crippen LogP contribution in [0.2, 0.25) is 15.1 Å². The zero-order valence-corrected chi connectivity index (χ0v) is 19.1. The highest BCUT2D eigenvalue weighted by Gasteiger charge is 2.18.